The lowest BCUT2D eigenvalue weighted by Crippen LogP contribution is -2.14. The summed E-state index contributed by atoms with van der Waals surface area (Å²) in [7, 11) is 0. The number of aliphatic carboxylic acids is 1. The zero-order valence-corrected chi connectivity index (χ0v) is 9.81. The van der Waals surface area contributed by atoms with Gasteiger partial charge < -0.3 is 10.8 Å². The van der Waals surface area contributed by atoms with Crippen molar-refractivity contribution in [2.45, 2.75) is 23.5 Å². The number of hydrogen-bond acceptors (Lipinski definition) is 3. The van der Waals surface area contributed by atoms with Gasteiger partial charge >= 0.3 is 5.97 Å². The monoisotopic (exact) mass is 245 g/mol. The van der Waals surface area contributed by atoms with Gasteiger partial charge in [-0.2, -0.15) is 0 Å². The summed E-state index contributed by atoms with van der Waals surface area (Å²) in [4.78, 5) is 11.6. The molecule has 1 aromatic rings. The van der Waals surface area contributed by atoms with Gasteiger partial charge in [-0.05, 0) is 24.6 Å². The molecule has 3 nitrogen and oxygen atoms in total. The Kier molecular flexibility index (Phi) is 4.29. The Hall–Kier alpha value is -0.870. The standard InChI is InChI=1S/C10H12ClNO2S/c1-2-8(10(13)14)15-9-4-3-6(11)5-7(9)12/h3-5,8H,2,12H2,1H3,(H,13,14). The van der Waals surface area contributed by atoms with Crippen LogP contribution in [0.4, 0.5) is 5.69 Å². The van der Waals surface area contributed by atoms with Gasteiger partial charge in [0.05, 0.1) is 0 Å². The van der Waals surface area contributed by atoms with Crippen LogP contribution in [0.15, 0.2) is 23.1 Å². The third kappa shape index (κ3) is 3.32. The Balaban J connectivity index is 2.84. The number of hydrogen-bond donors (Lipinski definition) is 2. The van der Waals surface area contributed by atoms with Gasteiger partial charge in [-0.25, -0.2) is 0 Å². The van der Waals surface area contributed by atoms with E-state index in [0.717, 1.165) is 4.90 Å². The van der Waals surface area contributed by atoms with Crippen LogP contribution in [0.2, 0.25) is 5.02 Å². The highest BCUT2D eigenvalue weighted by Gasteiger charge is 2.17. The fourth-order valence-electron chi connectivity index (χ4n) is 1.09. The van der Waals surface area contributed by atoms with Crippen molar-refractivity contribution in [1.82, 2.24) is 0 Å². The number of rotatable bonds is 4. The molecule has 3 N–H and O–H groups in total. The Bertz CT molecular complexity index is 370. The summed E-state index contributed by atoms with van der Waals surface area (Å²) in [5.41, 5.74) is 6.25. The first-order valence-corrected chi connectivity index (χ1v) is 5.74. The van der Waals surface area contributed by atoms with Gasteiger partial charge in [0.2, 0.25) is 0 Å². The number of carboxylic acid groups (broad SMARTS) is 1. The minimum Gasteiger partial charge on any atom is -0.480 e. The van der Waals surface area contributed by atoms with E-state index in [1.54, 1.807) is 18.2 Å². The van der Waals surface area contributed by atoms with Crippen molar-refractivity contribution in [3.8, 4) is 0 Å². The lowest BCUT2D eigenvalue weighted by atomic mass is 10.3. The minimum atomic E-state index is -0.822. The molecule has 1 atom stereocenters. The van der Waals surface area contributed by atoms with Crippen molar-refractivity contribution in [2.75, 3.05) is 5.73 Å². The summed E-state index contributed by atoms with van der Waals surface area (Å²) in [6.45, 7) is 1.83. The molecule has 15 heavy (non-hydrogen) atoms. The molecule has 0 aromatic heterocycles. The van der Waals surface area contributed by atoms with Gasteiger partial charge in [0.25, 0.3) is 0 Å². The first kappa shape index (κ1) is 12.2. The molecule has 0 aliphatic heterocycles. The maximum Gasteiger partial charge on any atom is 0.316 e. The highest BCUT2D eigenvalue weighted by atomic mass is 35.5. The van der Waals surface area contributed by atoms with Gasteiger partial charge in [0.1, 0.15) is 5.25 Å². The maximum atomic E-state index is 10.8. The molecule has 0 spiro atoms. The smallest absolute Gasteiger partial charge is 0.316 e. The number of nitrogens with two attached hydrogens (primary N) is 1. The molecule has 1 unspecified atom stereocenters. The predicted octanol–water partition coefficient (Wildman–Crippen LogP) is 2.88. The molecule has 0 saturated carbocycles. The van der Waals surface area contributed by atoms with Crippen molar-refractivity contribution in [3.05, 3.63) is 23.2 Å². The van der Waals surface area contributed by atoms with Crippen LogP contribution in [0.1, 0.15) is 13.3 Å². The summed E-state index contributed by atoms with van der Waals surface area (Å²) in [5, 5.41) is 8.98. The fourth-order valence-corrected chi connectivity index (χ4v) is 2.18. The highest BCUT2D eigenvalue weighted by molar-refractivity contribution is 8.00. The number of anilines is 1. The molecule has 82 valence electrons. The SMILES string of the molecule is CCC(Sc1ccc(Cl)cc1N)C(=O)O. The number of carbonyl (C=O) groups is 1. The normalized spacial score (nSPS) is 12.4. The maximum absolute atomic E-state index is 10.8. The Morgan fingerprint density at radius 2 is 2.33 bits per heavy atom. The highest BCUT2D eigenvalue weighted by Crippen LogP contribution is 2.32. The van der Waals surface area contributed by atoms with Gasteiger partial charge in [-0.15, -0.1) is 11.8 Å². The zero-order valence-electron chi connectivity index (χ0n) is 8.24. The number of benzene rings is 1. The first-order chi connectivity index (χ1) is 7.04. The molecule has 0 fully saturated rings. The van der Waals surface area contributed by atoms with Gasteiger partial charge in [-0.3, -0.25) is 4.79 Å². The second-order valence-electron chi connectivity index (χ2n) is 3.04. The molecule has 5 heteroatoms. The van der Waals surface area contributed by atoms with Crippen molar-refractivity contribution in [2.24, 2.45) is 0 Å². The van der Waals surface area contributed by atoms with E-state index in [0.29, 0.717) is 17.1 Å². The Labute approximate surface area is 97.6 Å². The molecular formula is C10H12ClNO2S. The van der Waals surface area contributed by atoms with Crippen molar-refractivity contribution < 1.29 is 9.90 Å². The molecule has 1 aromatic carbocycles. The van der Waals surface area contributed by atoms with E-state index in [9.17, 15) is 4.79 Å². The fraction of sp³-hybridized carbons (Fsp3) is 0.300. The van der Waals surface area contributed by atoms with E-state index in [2.05, 4.69) is 0 Å². The van der Waals surface area contributed by atoms with Crippen LogP contribution < -0.4 is 5.73 Å². The quantitative estimate of drug-likeness (QED) is 0.633. The van der Waals surface area contributed by atoms with E-state index < -0.39 is 11.2 Å². The van der Waals surface area contributed by atoms with Crippen LogP contribution in [0.25, 0.3) is 0 Å². The number of carboxylic acids is 1. The molecule has 0 radical (unpaired) electrons. The van der Waals surface area contributed by atoms with E-state index in [1.165, 1.54) is 11.8 Å². The Morgan fingerprint density at radius 1 is 1.67 bits per heavy atom. The van der Waals surface area contributed by atoms with E-state index in [4.69, 9.17) is 22.4 Å². The lowest BCUT2D eigenvalue weighted by Gasteiger charge is -2.11. The average Bonchev–Trinajstić information content (AvgIpc) is 2.16. The van der Waals surface area contributed by atoms with Crippen LogP contribution >= 0.6 is 23.4 Å². The molecule has 0 bridgehead atoms. The predicted molar refractivity (Wildman–Crippen MR) is 63.4 cm³/mol. The molecule has 0 heterocycles. The molecule has 1 rings (SSSR count). The lowest BCUT2D eigenvalue weighted by molar-refractivity contribution is -0.136. The van der Waals surface area contributed by atoms with Crippen LogP contribution in [0, 0.1) is 0 Å². The molecule has 0 amide bonds. The van der Waals surface area contributed by atoms with Crippen LogP contribution in [-0.2, 0) is 4.79 Å². The summed E-state index contributed by atoms with van der Waals surface area (Å²) in [6, 6.07) is 5.07. The largest absolute Gasteiger partial charge is 0.480 e. The summed E-state index contributed by atoms with van der Waals surface area (Å²) in [6.07, 6.45) is 0.558. The second-order valence-corrected chi connectivity index (χ2v) is 4.72. The molecular weight excluding hydrogens is 234 g/mol. The van der Waals surface area contributed by atoms with Crippen LogP contribution in [-0.4, -0.2) is 16.3 Å². The van der Waals surface area contributed by atoms with Crippen molar-refractivity contribution in [1.29, 1.82) is 0 Å². The van der Waals surface area contributed by atoms with E-state index in [-0.39, 0.29) is 0 Å². The van der Waals surface area contributed by atoms with Crippen LogP contribution in [0.5, 0.6) is 0 Å². The number of halogens is 1. The molecule has 0 saturated heterocycles. The van der Waals surface area contributed by atoms with Gasteiger partial charge in [0, 0.05) is 15.6 Å². The molecule has 0 aliphatic carbocycles. The van der Waals surface area contributed by atoms with Crippen molar-refractivity contribution in [3.63, 3.8) is 0 Å². The third-order valence-electron chi connectivity index (χ3n) is 1.89. The zero-order chi connectivity index (χ0) is 11.4. The topological polar surface area (TPSA) is 63.3 Å². The van der Waals surface area contributed by atoms with E-state index >= 15 is 0 Å². The average molecular weight is 246 g/mol. The van der Waals surface area contributed by atoms with E-state index in [1.807, 2.05) is 6.92 Å². The summed E-state index contributed by atoms with van der Waals surface area (Å²) in [5.74, 6) is -0.822. The summed E-state index contributed by atoms with van der Waals surface area (Å²) < 4.78 is 0. The minimum absolute atomic E-state index is 0.464. The van der Waals surface area contributed by atoms with Gasteiger partial charge in [-0.1, -0.05) is 18.5 Å². The molecule has 0 aliphatic rings. The van der Waals surface area contributed by atoms with Gasteiger partial charge in [0.15, 0.2) is 0 Å². The van der Waals surface area contributed by atoms with Crippen LogP contribution in [0.3, 0.4) is 0 Å². The third-order valence-corrected chi connectivity index (χ3v) is 3.57. The number of nitrogen functional groups attached to an aromatic ring is 1. The first-order valence-electron chi connectivity index (χ1n) is 4.49. The van der Waals surface area contributed by atoms with Crippen molar-refractivity contribution >= 4 is 35.0 Å². The second kappa shape index (κ2) is 5.28. The number of thioether (sulfide) groups is 1. The summed E-state index contributed by atoms with van der Waals surface area (Å²) >= 11 is 6.99. The Morgan fingerprint density at radius 3 is 2.80 bits per heavy atom.